The van der Waals surface area contributed by atoms with Gasteiger partial charge in [-0.2, -0.15) is 0 Å². The molecule has 3 amide bonds. The summed E-state index contributed by atoms with van der Waals surface area (Å²) in [6.07, 6.45) is 0.683. The first-order chi connectivity index (χ1) is 22.7. The van der Waals surface area contributed by atoms with Gasteiger partial charge in [-0.1, -0.05) is 29.5 Å². The Bertz CT molecular complexity index is 2010. The van der Waals surface area contributed by atoms with Crippen LogP contribution >= 0.6 is 23.1 Å². The minimum Gasteiger partial charge on any atom is -0.483 e. The summed E-state index contributed by atoms with van der Waals surface area (Å²) >= 11 is 2.68. The summed E-state index contributed by atoms with van der Waals surface area (Å²) in [6, 6.07) is 18.2. The van der Waals surface area contributed by atoms with Crippen LogP contribution in [0.5, 0.6) is 5.75 Å². The second-order valence-corrected chi connectivity index (χ2v) is 14.3. The van der Waals surface area contributed by atoms with Gasteiger partial charge in [0.15, 0.2) is 6.61 Å². The van der Waals surface area contributed by atoms with Crippen LogP contribution in [0, 0.1) is 45.5 Å². The number of para-hydroxylation sites is 1. The number of carbonyl (C=O) groups is 3. The third kappa shape index (κ3) is 4.76. The van der Waals surface area contributed by atoms with E-state index < -0.39 is 28.5 Å². The van der Waals surface area contributed by atoms with Crippen molar-refractivity contribution in [2.75, 3.05) is 16.8 Å². The van der Waals surface area contributed by atoms with Gasteiger partial charge < -0.3 is 15.0 Å². The van der Waals surface area contributed by atoms with Crippen LogP contribution in [0.3, 0.4) is 0 Å². The molecule has 2 saturated carbocycles. The number of nitro groups is 1. The summed E-state index contributed by atoms with van der Waals surface area (Å²) in [5.41, 5.74) is 1.39. The number of aromatic amines is 1. The Morgan fingerprint density at radius 3 is 2.43 bits per heavy atom. The molecule has 3 heterocycles. The third-order valence-corrected chi connectivity index (χ3v) is 12.4. The SMILES string of the molecule is O=C(COc1ccccc1[C@H]1c2sc(=O)[nH]c2SC2C1[C@H]1C[C@@H]2C2C(=O)N(c3ccc([N+](=O)[O-])cc3)C(=O)C21)Nc1ccc(F)cc1. The van der Waals surface area contributed by atoms with Crippen LogP contribution in [0.15, 0.2) is 82.6 Å². The van der Waals surface area contributed by atoms with Gasteiger partial charge in [0.1, 0.15) is 11.6 Å². The Morgan fingerprint density at radius 1 is 1.00 bits per heavy atom. The monoisotopic (exact) mass is 672 g/mol. The first kappa shape index (κ1) is 29.6. The average Bonchev–Trinajstić information content (AvgIpc) is 3.80. The molecule has 3 fully saturated rings. The van der Waals surface area contributed by atoms with Crippen molar-refractivity contribution in [1.82, 2.24) is 4.98 Å². The Morgan fingerprint density at radius 2 is 1.70 bits per heavy atom. The number of nitro benzene ring substituents is 1. The lowest BCUT2D eigenvalue weighted by molar-refractivity contribution is -0.384. The Kier molecular flexibility index (Phi) is 7.02. The minimum absolute atomic E-state index is 0.0626. The number of imide groups is 1. The van der Waals surface area contributed by atoms with Gasteiger partial charge in [0.2, 0.25) is 11.8 Å². The second-order valence-electron chi connectivity index (χ2n) is 12.1. The molecular formula is C33H25FN4O7S2. The van der Waals surface area contributed by atoms with E-state index in [1.807, 2.05) is 12.1 Å². The summed E-state index contributed by atoms with van der Waals surface area (Å²) in [7, 11) is 0. The molecule has 238 valence electrons. The van der Waals surface area contributed by atoms with Gasteiger partial charge in [-0.15, -0.1) is 11.8 Å². The van der Waals surface area contributed by atoms with E-state index in [4.69, 9.17) is 4.74 Å². The molecule has 4 aromatic rings. The first-order valence-corrected chi connectivity index (χ1v) is 16.7. The Balaban J connectivity index is 1.11. The number of thioether (sulfide) groups is 1. The molecule has 2 aliphatic heterocycles. The summed E-state index contributed by atoms with van der Waals surface area (Å²) < 4.78 is 19.4. The lowest BCUT2D eigenvalue weighted by Gasteiger charge is -2.43. The van der Waals surface area contributed by atoms with Gasteiger partial charge in [-0.3, -0.25) is 34.2 Å². The number of aromatic nitrogens is 1. The lowest BCUT2D eigenvalue weighted by atomic mass is 9.68. The number of carbonyl (C=O) groups excluding carboxylic acids is 3. The molecule has 2 N–H and O–H groups in total. The fraction of sp³-hybridized carbons (Fsp3) is 0.273. The molecule has 8 rings (SSSR count). The normalized spacial score (nSPS) is 26.9. The molecule has 0 radical (unpaired) electrons. The number of hydrogen-bond donors (Lipinski definition) is 2. The first-order valence-electron chi connectivity index (χ1n) is 15.0. The number of non-ortho nitro benzene ring substituents is 1. The molecule has 4 aliphatic rings. The van der Waals surface area contributed by atoms with Crippen LogP contribution in [0.2, 0.25) is 0 Å². The molecule has 0 spiro atoms. The van der Waals surface area contributed by atoms with Crippen LogP contribution in [0.1, 0.15) is 22.8 Å². The number of thiazole rings is 1. The highest BCUT2D eigenvalue weighted by molar-refractivity contribution is 8.00. The van der Waals surface area contributed by atoms with Crippen LogP contribution < -0.4 is 19.8 Å². The molecule has 11 nitrogen and oxygen atoms in total. The fourth-order valence-electron chi connectivity index (χ4n) is 8.09. The standard InChI is InChI=1S/C33H25FN4O7S2/c34-15-5-7-16(8-6-15)35-23(39)14-45-22-4-2-1-3-19(22)24-25-20-13-21(28(25)46-30-29(24)47-33(42)36-30)27-26(20)31(40)37(32(27)41)17-9-11-18(12-10-17)38(43)44/h1-12,20-21,24-28H,13-14H2,(H,35,39)(H,36,42)/t20-,21-,24-,25?,26?,27?,28?/m1/s1. The van der Waals surface area contributed by atoms with Gasteiger partial charge in [0.25, 0.3) is 11.6 Å². The van der Waals surface area contributed by atoms with E-state index >= 15 is 0 Å². The molecule has 1 saturated heterocycles. The van der Waals surface area contributed by atoms with Gasteiger partial charge in [0.05, 0.1) is 27.5 Å². The molecule has 4 unspecified atom stereocenters. The predicted octanol–water partition coefficient (Wildman–Crippen LogP) is 5.18. The van der Waals surface area contributed by atoms with E-state index in [9.17, 15) is 33.7 Å². The molecule has 1 aromatic heterocycles. The maximum Gasteiger partial charge on any atom is 0.305 e. The number of amides is 3. The van der Waals surface area contributed by atoms with Crippen molar-refractivity contribution < 1.29 is 28.4 Å². The lowest BCUT2D eigenvalue weighted by Crippen LogP contribution is -2.42. The van der Waals surface area contributed by atoms with Crippen molar-refractivity contribution in [2.24, 2.45) is 29.6 Å². The van der Waals surface area contributed by atoms with Crippen LogP contribution in [-0.4, -0.2) is 39.5 Å². The van der Waals surface area contributed by atoms with Crippen molar-refractivity contribution in [1.29, 1.82) is 0 Å². The zero-order valence-corrected chi connectivity index (χ0v) is 26.0. The van der Waals surface area contributed by atoms with Gasteiger partial charge in [0, 0.05) is 39.4 Å². The topological polar surface area (TPSA) is 152 Å². The quantitative estimate of drug-likeness (QED) is 0.155. The Hall–Kier alpha value is -4.82. The maximum atomic E-state index is 14.0. The average molecular weight is 673 g/mol. The number of H-pyrrole nitrogens is 1. The summed E-state index contributed by atoms with van der Waals surface area (Å²) in [5.74, 6) is -2.77. The van der Waals surface area contributed by atoms with Gasteiger partial charge >= 0.3 is 4.87 Å². The highest BCUT2D eigenvalue weighted by Gasteiger charge is 2.69. The van der Waals surface area contributed by atoms with Gasteiger partial charge in [-0.25, -0.2) is 4.39 Å². The number of hydrogen-bond acceptors (Lipinski definition) is 9. The van der Waals surface area contributed by atoms with E-state index in [1.54, 1.807) is 23.9 Å². The van der Waals surface area contributed by atoms with Crippen molar-refractivity contribution >= 4 is 57.9 Å². The molecule has 47 heavy (non-hydrogen) atoms. The van der Waals surface area contributed by atoms with Crippen molar-refractivity contribution in [3.63, 3.8) is 0 Å². The molecule has 2 bridgehead atoms. The predicted molar refractivity (Wildman–Crippen MR) is 171 cm³/mol. The minimum atomic E-state index is -0.557. The number of ether oxygens (including phenoxy) is 1. The number of nitrogens with one attached hydrogen (secondary N) is 2. The third-order valence-electron chi connectivity index (χ3n) is 9.78. The largest absolute Gasteiger partial charge is 0.483 e. The number of fused-ring (bicyclic) bond motifs is 9. The molecular weight excluding hydrogens is 648 g/mol. The van der Waals surface area contributed by atoms with Crippen molar-refractivity contribution in [3.8, 4) is 5.75 Å². The molecule has 3 aromatic carbocycles. The molecule has 7 atom stereocenters. The van der Waals surface area contributed by atoms with Crippen molar-refractivity contribution in [3.05, 3.63) is 109 Å². The number of nitrogens with zero attached hydrogens (tertiary/aromatic N) is 2. The van der Waals surface area contributed by atoms with Crippen LogP contribution in [0.4, 0.5) is 21.5 Å². The van der Waals surface area contributed by atoms with E-state index in [-0.39, 0.29) is 57.9 Å². The fourth-order valence-corrected chi connectivity index (χ4v) is 11.0. The zero-order valence-electron chi connectivity index (χ0n) is 24.3. The van der Waals surface area contributed by atoms with E-state index in [2.05, 4.69) is 10.3 Å². The molecule has 2 aliphatic carbocycles. The number of rotatable bonds is 7. The van der Waals surface area contributed by atoms with Crippen molar-refractivity contribution in [2.45, 2.75) is 22.6 Å². The van der Waals surface area contributed by atoms with E-state index in [1.165, 1.54) is 53.4 Å². The molecule has 14 heteroatoms. The second kappa shape index (κ2) is 11.2. The highest BCUT2D eigenvalue weighted by atomic mass is 32.2. The van der Waals surface area contributed by atoms with Gasteiger partial charge in [-0.05, 0) is 66.6 Å². The number of halogens is 1. The summed E-state index contributed by atoms with van der Waals surface area (Å²) in [6.45, 7) is -0.311. The summed E-state index contributed by atoms with van der Waals surface area (Å²) in [5, 5.41) is 14.5. The van der Waals surface area contributed by atoms with Crippen LogP contribution in [-0.2, 0) is 14.4 Å². The highest BCUT2D eigenvalue weighted by Crippen LogP contribution is 2.69. The Labute approximate surface area is 274 Å². The van der Waals surface area contributed by atoms with E-state index in [0.29, 0.717) is 23.5 Å². The van der Waals surface area contributed by atoms with E-state index in [0.717, 1.165) is 26.8 Å². The maximum absolute atomic E-state index is 14.0. The number of anilines is 2. The summed E-state index contributed by atoms with van der Waals surface area (Å²) in [4.78, 5) is 68.7. The smallest absolute Gasteiger partial charge is 0.305 e. The van der Waals surface area contributed by atoms with Crippen LogP contribution in [0.25, 0.3) is 0 Å². The zero-order chi connectivity index (χ0) is 32.6. The number of benzene rings is 3.